The van der Waals surface area contributed by atoms with Gasteiger partial charge in [0.25, 0.3) is 5.91 Å². The summed E-state index contributed by atoms with van der Waals surface area (Å²) < 4.78 is 0. The summed E-state index contributed by atoms with van der Waals surface area (Å²) in [6.45, 7) is 0. The second-order valence-corrected chi connectivity index (χ2v) is 7.85. The summed E-state index contributed by atoms with van der Waals surface area (Å²) in [6.07, 6.45) is -0.519. The van der Waals surface area contributed by atoms with Gasteiger partial charge in [0, 0.05) is 29.7 Å². The Hall–Kier alpha value is -3.93. The molecule has 1 fully saturated rings. The summed E-state index contributed by atoms with van der Waals surface area (Å²) in [7, 11) is 0. The number of nitro groups is 1. The molecule has 31 heavy (non-hydrogen) atoms. The van der Waals surface area contributed by atoms with E-state index in [0.717, 1.165) is 6.07 Å². The zero-order valence-corrected chi connectivity index (χ0v) is 15.8. The van der Waals surface area contributed by atoms with Gasteiger partial charge in [-0.3, -0.25) is 24.5 Å². The number of carbonyl (C=O) groups is 3. The monoisotopic (exact) mass is 431 g/mol. The molecule has 1 aromatic carbocycles. The fraction of sp³-hybridized carbons (Fsp3) is 0.316. The molecule has 0 radical (unpaired) electrons. The number of hydrogen-bond donors (Lipinski definition) is 6. The molecule has 1 amide bonds. The van der Waals surface area contributed by atoms with Crippen molar-refractivity contribution in [3.05, 3.63) is 44.2 Å². The SMILES string of the molecule is NC(=O)C1=C(O)[C@@]2(O)C(=O)C3=C(O)c4c(O)c([N+](=O)[O-])cc(N)c4C[C@H]3C[C@H]2CC1=O. The molecule has 1 aromatic rings. The van der Waals surface area contributed by atoms with Gasteiger partial charge in [-0.2, -0.15) is 0 Å². The molecule has 0 spiro atoms. The van der Waals surface area contributed by atoms with Crippen molar-refractivity contribution < 1.29 is 39.7 Å². The number of nitrogens with zero attached hydrogens (tertiary/aromatic N) is 1. The van der Waals surface area contributed by atoms with Crippen LogP contribution in [-0.4, -0.2) is 48.4 Å². The zero-order chi connectivity index (χ0) is 23.0. The lowest BCUT2D eigenvalue weighted by atomic mass is 9.59. The Labute approximate surface area is 173 Å². The molecule has 162 valence electrons. The van der Waals surface area contributed by atoms with Crippen LogP contribution in [0.15, 0.2) is 23.0 Å². The van der Waals surface area contributed by atoms with Crippen molar-refractivity contribution in [1.82, 2.24) is 0 Å². The molecule has 3 aliphatic rings. The van der Waals surface area contributed by atoms with E-state index in [9.17, 15) is 44.9 Å². The lowest BCUT2D eigenvalue weighted by Crippen LogP contribution is -2.58. The number of Topliss-reactive ketones (excluding diaryl/α,β-unsaturated/α-hetero) is 2. The summed E-state index contributed by atoms with van der Waals surface area (Å²) in [6, 6.07) is 0.936. The van der Waals surface area contributed by atoms with Crippen molar-refractivity contribution in [3.63, 3.8) is 0 Å². The van der Waals surface area contributed by atoms with Crippen LogP contribution in [0.1, 0.15) is 24.0 Å². The summed E-state index contributed by atoms with van der Waals surface area (Å²) >= 11 is 0. The third-order valence-electron chi connectivity index (χ3n) is 6.27. The van der Waals surface area contributed by atoms with Gasteiger partial charge < -0.3 is 31.9 Å². The van der Waals surface area contributed by atoms with Gasteiger partial charge in [0.1, 0.15) is 17.1 Å². The van der Waals surface area contributed by atoms with E-state index in [2.05, 4.69) is 0 Å². The van der Waals surface area contributed by atoms with Crippen molar-refractivity contribution in [2.24, 2.45) is 17.6 Å². The van der Waals surface area contributed by atoms with Crippen molar-refractivity contribution in [2.75, 3.05) is 5.73 Å². The first-order valence-corrected chi connectivity index (χ1v) is 9.17. The maximum Gasteiger partial charge on any atom is 0.313 e. The number of hydrogen-bond acceptors (Lipinski definition) is 10. The molecule has 0 heterocycles. The molecular weight excluding hydrogens is 414 g/mol. The highest BCUT2D eigenvalue weighted by atomic mass is 16.6. The number of primary amides is 1. The molecule has 0 aromatic heterocycles. The van der Waals surface area contributed by atoms with E-state index in [1.54, 1.807) is 0 Å². The molecule has 3 aliphatic carbocycles. The highest BCUT2D eigenvalue weighted by molar-refractivity contribution is 6.22. The number of amides is 1. The van der Waals surface area contributed by atoms with Crippen molar-refractivity contribution in [1.29, 1.82) is 0 Å². The van der Waals surface area contributed by atoms with E-state index in [0.29, 0.717) is 0 Å². The fourth-order valence-electron chi connectivity index (χ4n) is 4.84. The molecular formula is C19H17N3O9. The van der Waals surface area contributed by atoms with Crippen molar-refractivity contribution in [2.45, 2.75) is 24.9 Å². The number of fused-ring (bicyclic) bond motifs is 3. The smallest absolute Gasteiger partial charge is 0.313 e. The predicted molar refractivity (Wildman–Crippen MR) is 102 cm³/mol. The maximum atomic E-state index is 13.3. The third-order valence-corrected chi connectivity index (χ3v) is 6.27. The number of anilines is 1. The van der Waals surface area contributed by atoms with Gasteiger partial charge in [0.2, 0.25) is 11.5 Å². The van der Waals surface area contributed by atoms with Crippen LogP contribution in [0.2, 0.25) is 0 Å². The second kappa shape index (κ2) is 6.28. The minimum atomic E-state index is -2.70. The molecule has 12 nitrogen and oxygen atoms in total. The Morgan fingerprint density at radius 1 is 1.23 bits per heavy atom. The number of aliphatic hydroxyl groups excluding tert-OH is 2. The van der Waals surface area contributed by atoms with Gasteiger partial charge in [-0.1, -0.05) is 0 Å². The van der Waals surface area contributed by atoms with Gasteiger partial charge >= 0.3 is 5.69 Å². The maximum absolute atomic E-state index is 13.3. The summed E-state index contributed by atoms with van der Waals surface area (Å²) in [5.74, 6) is -8.14. The molecule has 0 aliphatic heterocycles. The highest BCUT2D eigenvalue weighted by Gasteiger charge is 2.60. The Morgan fingerprint density at radius 2 is 1.87 bits per heavy atom. The molecule has 4 rings (SSSR count). The molecule has 0 saturated heterocycles. The van der Waals surface area contributed by atoms with Crippen LogP contribution in [0.3, 0.4) is 0 Å². The summed E-state index contributed by atoms with van der Waals surface area (Å²) in [5.41, 5.74) is 5.88. The number of nitrogen functional groups attached to an aromatic ring is 1. The normalized spacial score (nSPS) is 27.5. The minimum absolute atomic E-state index is 0.0220. The van der Waals surface area contributed by atoms with E-state index in [1.807, 2.05) is 0 Å². The molecule has 3 atom stereocenters. The van der Waals surface area contributed by atoms with Crippen LogP contribution in [0.5, 0.6) is 5.75 Å². The Kier molecular flexibility index (Phi) is 4.12. The molecule has 0 bridgehead atoms. The fourth-order valence-corrected chi connectivity index (χ4v) is 4.84. The van der Waals surface area contributed by atoms with Crippen molar-refractivity contribution in [3.8, 4) is 5.75 Å². The third kappa shape index (κ3) is 2.48. The number of benzene rings is 1. The zero-order valence-electron chi connectivity index (χ0n) is 15.8. The number of rotatable bonds is 2. The van der Waals surface area contributed by atoms with Crippen LogP contribution >= 0.6 is 0 Å². The number of nitrogens with two attached hydrogens (primary N) is 2. The lowest BCUT2D eigenvalue weighted by molar-refractivity contribution is -0.385. The molecule has 1 saturated carbocycles. The van der Waals surface area contributed by atoms with Crippen LogP contribution in [0.25, 0.3) is 5.76 Å². The number of phenolic OH excluding ortho intramolecular Hbond substituents is 1. The first-order chi connectivity index (χ1) is 14.4. The number of nitro benzene ring substituents is 1. The number of aromatic hydroxyl groups is 1. The van der Waals surface area contributed by atoms with Gasteiger partial charge in [-0.25, -0.2) is 0 Å². The first kappa shape index (κ1) is 20.3. The quantitative estimate of drug-likeness (QED) is 0.120. The first-order valence-electron chi connectivity index (χ1n) is 9.17. The molecule has 12 heteroatoms. The van der Waals surface area contributed by atoms with Crippen LogP contribution in [0.4, 0.5) is 11.4 Å². The van der Waals surface area contributed by atoms with Gasteiger partial charge in [-0.05, 0) is 24.3 Å². The standard InChI is InChI=1S/C19H17N3O9/c20-8-4-9(22(30)31)14(24)12-7(8)2-5-1-6-3-10(23)13(18(21)28)17(27)19(6,29)16(26)11(5)15(12)25/h4-6,24-25,27,29H,1-3,20H2,(H2,21,28)/t5-,6+,19+/m1/s1. The molecule has 8 N–H and O–H groups in total. The number of carbonyl (C=O) groups excluding carboxylic acids is 3. The van der Waals surface area contributed by atoms with Crippen LogP contribution in [0, 0.1) is 22.0 Å². The average Bonchev–Trinajstić information content (AvgIpc) is 2.66. The largest absolute Gasteiger partial charge is 0.508 e. The highest BCUT2D eigenvalue weighted by Crippen LogP contribution is 2.53. The van der Waals surface area contributed by atoms with E-state index in [-0.39, 0.29) is 24.1 Å². The average molecular weight is 431 g/mol. The van der Waals surface area contributed by atoms with Crippen molar-refractivity contribution >= 4 is 34.6 Å². The van der Waals surface area contributed by atoms with E-state index in [1.165, 1.54) is 0 Å². The van der Waals surface area contributed by atoms with E-state index >= 15 is 0 Å². The Bertz CT molecular complexity index is 1180. The second-order valence-electron chi connectivity index (χ2n) is 7.85. The van der Waals surface area contributed by atoms with Crippen LogP contribution in [-0.2, 0) is 20.8 Å². The summed E-state index contributed by atoms with van der Waals surface area (Å²) in [5, 5.41) is 53.9. The number of aliphatic hydroxyl groups is 3. The van der Waals surface area contributed by atoms with E-state index < -0.39 is 85.9 Å². The summed E-state index contributed by atoms with van der Waals surface area (Å²) in [4.78, 5) is 47.4. The van der Waals surface area contributed by atoms with Crippen LogP contribution < -0.4 is 11.5 Å². The number of ketones is 2. The van der Waals surface area contributed by atoms with Gasteiger partial charge in [0.15, 0.2) is 11.4 Å². The molecule has 0 unspecified atom stereocenters. The predicted octanol–water partition coefficient (Wildman–Crippen LogP) is -0.0857. The number of phenols is 1. The lowest BCUT2D eigenvalue weighted by Gasteiger charge is -2.46. The Balaban J connectivity index is 1.97. The van der Waals surface area contributed by atoms with Gasteiger partial charge in [-0.15, -0.1) is 0 Å². The Morgan fingerprint density at radius 3 is 2.45 bits per heavy atom. The minimum Gasteiger partial charge on any atom is -0.508 e. The van der Waals surface area contributed by atoms with E-state index in [4.69, 9.17) is 11.5 Å². The van der Waals surface area contributed by atoms with Gasteiger partial charge in [0.05, 0.1) is 10.5 Å². The topological polar surface area (TPSA) is 227 Å².